The smallest absolute Gasteiger partial charge is 0.131 e. The van der Waals surface area contributed by atoms with E-state index in [4.69, 9.17) is 4.74 Å². The van der Waals surface area contributed by atoms with Gasteiger partial charge in [0.05, 0.1) is 0 Å². The van der Waals surface area contributed by atoms with Crippen LogP contribution in [0.1, 0.15) is 38.8 Å². The van der Waals surface area contributed by atoms with E-state index >= 15 is 0 Å². The molecule has 0 atom stereocenters. The molecule has 0 bridgehead atoms. The highest BCUT2D eigenvalue weighted by molar-refractivity contribution is 5.46. The Labute approximate surface area is 116 Å². The molecule has 0 saturated carbocycles. The van der Waals surface area contributed by atoms with Crippen LogP contribution >= 0.6 is 0 Å². The lowest BCUT2D eigenvalue weighted by atomic mass is 9.82. The lowest BCUT2D eigenvalue weighted by molar-refractivity contribution is 0.453. The SMILES string of the molecule is CCc1cccc(Oc2ccccc2)c1C(C)(C)C. The molecule has 1 nitrogen and oxygen atoms in total. The summed E-state index contributed by atoms with van der Waals surface area (Å²) in [4.78, 5) is 0. The molecule has 0 spiro atoms. The fourth-order valence-electron chi connectivity index (χ4n) is 2.42. The van der Waals surface area contributed by atoms with Gasteiger partial charge in [0, 0.05) is 5.56 Å². The highest BCUT2D eigenvalue weighted by atomic mass is 16.5. The van der Waals surface area contributed by atoms with Crippen molar-refractivity contribution in [2.45, 2.75) is 39.5 Å². The topological polar surface area (TPSA) is 9.23 Å². The Hall–Kier alpha value is -1.76. The van der Waals surface area contributed by atoms with Crippen molar-refractivity contribution in [2.75, 3.05) is 0 Å². The summed E-state index contributed by atoms with van der Waals surface area (Å²) in [5.41, 5.74) is 2.75. The Morgan fingerprint density at radius 2 is 1.58 bits per heavy atom. The van der Waals surface area contributed by atoms with Crippen molar-refractivity contribution < 1.29 is 4.74 Å². The van der Waals surface area contributed by atoms with Gasteiger partial charge in [0.15, 0.2) is 0 Å². The molecule has 0 aliphatic rings. The molecule has 0 aromatic heterocycles. The van der Waals surface area contributed by atoms with Crippen LogP contribution in [0.25, 0.3) is 0 Å². The third kappa shape index (κ3) is 3.17. The van der Waals surface area contributed by atoms with Gasteiger partial charge in [-0.25, -0.2) is 0 Å². The van der Waals surface area contributed by atoms with Crippen LogP contribution in [0.2, 0.25) is 0 Å². The Morgan fingerprint density at radius 1 is 0.895 bits per heavy atom. The van der Waals surface area contributed by atoms with Gasteiger partial charge in [-0.1, -0.05) is 58.0 Å². The van der Waals surface area contributed by atoms with Gasteiger partial charge >= 0.3 is 0 Å². The summed E-state index contributed by atoms with van der Waals surface area (Å²) >= 11 is 0. The van der Waals surface area contributed by atoms with Crippen LogP contribution in [-0.2, 0) is 11.8 Å². The van der Waals surface area contributed by atoms with Gasteiger partial charge in [-0.15, -0.1) is 0 Å². The molecule has 0 amide bonds. The Kier molecular flexibility index (Phi) is 3.94. The predicted octanol–water partition coefficient (Wildman–Crippen LogP) is 5.34. The first-order chi connectivity index (χ1) is 9.02. The van der Waals surface area contributed by atoms with Crippen molar-refractivity contribution in [2.24, 2.45) is 0 Å². The zero-order chi connectivity index (χ0) is 13.9. The van der Waals surface area contributed by atoms with Crippen LogP contribution in [0.5, 0.6) is 11.5 Å². The first-order valence-electron chi connectivity index (χ1n) is 6.87. The van der Waals surface area contributed by atoms with E-state index in [2.05, 4.69) is 45.9 Å². The lowest BCUT2D eigenvalue weighted by Gasteiger charge is -2.25. The number of ether oxygens (including phenoxy) is 1. The van der Waals surface area contributed by atoms with Crippen molar-refractivity contribution in [1.29, 1.82) is 0 Å². The first-order valence-corrected chi connectivity index (χ1v) is 6.87. The molecule has 1 heteroatoms. The van der Waals surface area contributed by atoms with E-state index in [0.29, 0.717) is 0 Å². The second-order valence-electron chi connectivity index (χ2n) is 5.81. The molecular weight excluding hydrogens is 232 g/mol. The van der Waals surface area contributed by atoms with Crippen molar-refractivity contribution in [3.63, 3.8) is 0 Å². The maximum atomic E-state index is 6.08. The highest BCUT2D eigenvalue weighted by Crippen LogP contribution is 2.36. The molecule has 2 aromatic rings. The summed E-state index contributed by atoms with van der Waals surface area (Å²) in [6.07, 6.45) is 1.03. The van der Waals surface area contributed by atoms with Gasteiger partial charge in [0.2, 0.25) is 0 Å². The molecule has 19 heavy (non-hydrogen) atoms. The number of hydrogen-bond donors (Lipinski definition) is 0. The zero-order valence-corrected chi connectivity index (χ0v) is 12.2. The molecule has 0 fully saturated rings. The standard InChI is InChI=1S/C18H22O/c1-5-14-10-9-13-16(17(14)18(2,3)4)19-15-11-7-6-8-12-15/h6-13H,5H2,1-4H3. The highest BCUT2D eigenvalue weighted by Gasteiger charge is 2.22. The number of aryl methyl sites for hydroxylation is 1. The van der Waals surface area contributed by atoms with E-state index in [-0.39, 0.29) is 5.41 Å². The molecule has 0 unspecified atom stereocenters. The molecule has 0 aliphatic heterocycles. The second kappa shape index (κ2) is 5.48. The van der Waals surface area contributed by atoms with Gasteiger partial charge in [-0.05, 0) is 35.6 Å². The molecule has 0 saturated heterocycles. The summed E-state index contributed by atoms with van der Waals surface area (Å²) in [5.74, 6) is 1.86. The molecule has 0 radical (unpaired) electrons. The van der Waals surface area contributed by atoms with Gasteiger partial charge in [-0.2, -0.15) is 0 Å². The molecule has 2 aromatic carbocycles. The van der Waals surface area contributed by atoms with Crippen LogP contribution < -0.4 is 4.74 Å². The maximum Gasteiger partial charge on any atom is 0.131 e. The summed E-state index contributed by atoms with van der Waals surface area (Å²) in [6.45, 7) is 8.90. The number of rotatable bonds is 3. The summed E-state index contributed by atoms with van der Waals surface area (Å²) in [7, 11) is 0. The minimum Gasteiger partial charge on any atom is -0.457 e. The molecular formula is C18H22O. The molecule has 100 valence electrons. The van der Waals surface area contributed by atoms with Crippen LogP contribution in [-0.4, -0.2) is 0 Å². The summed E-state index contributed by atoms with van der Waals surface area (Å²) in [5, 5.41) is 0. The van der Waals surface area contributed by atoms with Crippen molar-refractivity contribution in [3.8, 4) is 11.5 Å². The van der Waals surface area contributed by atoms with Crippen LogP contribution in [0.15, 0.2) is 48.5 Å². The fourth-order valence-corrected chi connectivity index (χ4v) is 2.42. The molecule has 0 aliphatic carbocycles. The normalized spacial score (nSPS) is 11.4. The van der Waals surface area contributed by atoms with E-state index < -0.39 is 0 Å². The molecule has 2 rings (SSSR count). The average Bonchev–Trinajstić information content (AvgIpc) is 2.38. The van der Waals surface area contributed by atoms with Crippen molar-refractivity contribution in [1.82, 2.24) is 0 Å². The Balaban J connectivity index is 2.46. The summed E-state index contributed by atoms with van der Waals surface area (Å²) in [6, 6.07) is 16.3. The largest absolute Gasteiger partial charge is 0.457 e. The number of benzene rings is 2. The minimum absolute atomic E-state index is 0.0801. The van der Waals surface area contributed by atoms with E-state index in [9.17, 15) is 0 Å². The second-order valence-corrected chi connectivity index (χ2v) is 5.81. The number of para-hydroxylation sites is 1. The number of hydrogen-bond acceptors (Lipinski definition) is 1. The van der Waals surface area contributed by atoms with E-state index in [0.717, 1.165) is 17.9 Å². The summed E-state index contributed by atoms with van der Waals surface area (Å²) < 4.78 is 6.08. The predicted molar refractivity (Wildman–Crippen MR) is 81.0 cm³/mol. The van der Waals surface area contributed by atoms with Gasteiger partial charge < -0.3 is 4.74 Å². The Bertz CT molecular complexity index is 535. The Morgan fingerprint density at radius 3 is 2.16 bits per heavy atom. The van der Waals surface area contributed by atoms with Crippen LogP contribution in [0, 0.1) is 0 Å². The third-order valence-corrected chi connectivity index (χ3v) is 3.21. The van der Waals surface area contributed by atoms with Gasteiger partial charge in [-0.3, -0.25) is 0 Å². The zero-order valence-electron chi connectivity index (χ0n) is 12.2. The first kappa shape index (κ1) is 13.7. The van der Waals surface area contributed by atoms with Crippen molar-refractivity contribution in [3.05, 3.63) is 59.7 Å². The quantitative estimate of drug-likeness (QED) is 0.718. The minimum atomic E-state index is 0.0801. The third-order valence-electron chi connectivity index (χ3n) is 3.21. The van der Waals surface area contributed by atoms with Crippen LogP contribution in [0.4, 0.5) is 0 Å². The monoisotopic (exact) mass is 254 g/mol. The lowest BCUT2D eigenvalue weighted by Crippen LogP contribution is -2.15. The average molecular weight is 254 g/mol. The van der Waals surface area contributed by atoms with Crippen molar-refractivity contribution >= 4 is 0 Å². The van der Waals surface area contributed by atoms with E-state index in [1.807, 2.05) is 30.3 Å². The van der Waals surface area contributed by atoms with E-state index in [1.54, 1.807) is 0 Å². The fraction of sp³-hybridized carbons (Fsp3) is 0.333. The van der Waals surface area contributed by atoms with Gasteiger partial charge in [0.1, 0.15) is 11.5 Å². The molecule has 0 N–H and O–H groups in total. The maximum absolute atomic E-state index is 6.08. The van der Waals surface area contributed by atoms with E-state index in [1.165, 1.54) is 11.1 Å². The molecule has 0 heterocycles. The van der Waals surface area contributed by atoms with Crippen LogP contribution in [0.3, 0.4) is 0 Å². The van der Waals surface area contributed by atoms with Gasteiger partial charge in [0.25, 0.3) is 0 Å².